The fourth-order valence-corrected chi connectivity index (χ4v) is 2.00. The van der Waals surface area contributed by atoms with Crippen LogP contribution in [-0.2, 0) is 0 Å². The lowest BCUT2D eigenvalue weighted by Gasteiger charge is -2.14. The van der Waals surface area contributed by atoms with Gasteiger partial charge in [-0.25, -0.2) is 0 Å². The van der Waals surface area contributed by atoms with Crippen LogP contribution >= 0.6 is 0 Å². The summed E-state index contributed by atoms with van der Waals surface area (Å²) in [7, 11) is 0. The molecule has 2 rings (SSSR count). The molecule has 0 saturated heterocycles. The van der Waals surface area contributed by atoms with Gasteiger partial charge in [0.2, 0.25) is 0 Å². The van der Waals surface area contributed by atoms with Crippen LogP contribution in [0.4, 0.5) is 0 Å². The average molecular weight is 303 g/mol. The monoisotopic (exact) mass is 303 g/mol. The van der Waals surface area contributed by atoms with E-state index in [1.807, 2.05) is 32.9 Å². The maximum atomic E-state index is 11.9. The average Bonchev–Trinajstić information content (AvgIpc) is 2.90. The van der Waals surface area contributed by atoms with Gasteiger partial charge in [-0.3, -0.25) is 9.89 Å². The van der Waals surface area contributed by atoms with Crippen molar-refractivity contribution < 1.29 is 14.6 Å². The SMILES string of the molecule is Cc1cc(C(=O)NC[C@H](O)c2cccc(OC(C)C)c2)n[nH]1. The van der Waals surface area contributed by atoms with E-state index in [9.17, 15) is 9.90 Å². The second-order valence-corrected chi connectivity index (χ2v) is 5.40. The van der Waals surface area contributed by atoms with Crippen LogP contribution in [0.2, 0.25) is 0 Å². The molecule has 0 radical (unpaired) electrons. The molecule has 1 aromatic heterocycles. The van der Waals surface area contributed by atoms with Gasteiger partial charge >= 0.3 is 0 Å². The first-order valence-electron chi connectivity index (χ1n) is 7.20. The number of aryl methyl sites for hydroxylation is 1. The Bertz CT molecular complexity index is 637. The van der Waals surface area contributed by atoms with Crippen LogP contribution < -0.4 is 10.1 Å². The van der Waals surface area contributed by atoms with Gasteiger partial charge in [0.1, 0.15) is 11.4 Å². The number of ether oxygens (including phenoxy) is 1. The number of carbonyl (C=O) groups excluding carboxylic acids is 1. The van der Waals surface area contributed by atoms with Crippen molar-refractivity contribution in [3.05, 3.63) is 47.3 Å². The number of hydrogen-bond donors (Lipinski definition) is 3. The maximum Gasteiger partial charge on any atom is 0.271 e. The second kappa shape index (κ2) is 7.09. The topological polar surface area (TPSA) is 87.2 Å². The molecule has 1 heterocycles. The van der Waals surface area contributed by atoms with Gasteiger partial charge in [-0.1, -0.05) is 12.1 Å². The molecule has 0 saturated carbocycles. The minimum absolute atomic E-state index is 0.0648. The van der Waals surface area contributed by atoms with Crippen LogP contribution in [0.15, 0.2) is 30.3 Å². The largest absolute Gasteiger partial charge is 0.491 e. The molecule has 2 aromatic rings. The third kappa shape index (κ3) is 4.33. The second-order valence-electron chi connectivity index (χ2n) is 5.40. The molecule has 0 aliphatic heterocycles. The summed E-state index contributed by atoms with van der Waals surface area (Å²) in [5.74, 6) is 0.374. The predicted molar refractivity (Wildman–Crippen MR) is 82.8 cm³/mol. The van der Waals surface area contributed by atoms with Crippen molar-refractivity contribution in [2.75, 3.05) is 6.54 Å². The first kappa shape index (κ1) is 16.0. The number of rotatable bonds is 6. The van der Waals surface area contributed by atoms with E-state index in [-0.39, 0.29) is 18.6 Å². The lowest BCUT2D eigenvalue weighted by molar-refractivity contribution is 0.0911. The summed E-state index contributed by atoms with van der Waals surface area (Å²) in [6, 6.07) is 8.87. The van der Waals surface area contributed by atoms with Crippen LogP contribution in [0.1, 0.15) is 41.7 Å². The van der Waals surface area contributed by atoms with Crippen LogP contribution in [0.25, 0.3) is 0 Å². The smallest absolute Gasteiger partial charge is 0.271 e. The standard InChI is InChI=1S/C16H21N3O3/c1-10(2)22-13-6-4-5-12(8-13)15(20)9-17-16(21)14-7-11(3)18-19-14/h4-8,10,15,20H,9H2,1-3H3,(H,17,21)(H,18,19)/t15-/m0/s1. The molecule has 1 amide bonds. The lowest BCUT2D eigenvalue weighted by Crippen LogP contribution is -2.28. The third-order valence-electron chi connectivity index (χ3n) is 3.01. The van der Waals surface area contributed by atoms with Gasteiger partial charge in [-0.2, -0.15) is 5.10 Å². The molecular weight excluding hydrogens is 282 g/mol. The third-order valence-corrected chi connectivity index (χ3v) is 3.01. The van der Waals surface area contributed by atoms with Crippen molar-refractivity contribution >= 4 is 5.91 Å². The first-order valence-corrected chi connectivity index (χ1v) is 7.20. The van der Waals surface area contributed by atoms with E-state index in [0.29, 0.717) is 17.0 Å². The summed E-state index contributed by atoms with van der Waals surface area (Å²) in [5.41, 5.74) is 1.81. The summed E-state index contributed by atoms with van der Waals surface area (Å²) in [6.07, 6.45) is -0.741. The van der Waals surface area contributed by atoms with Gasteiger partial charge < -0.3 is 15.2 Å². The molecular formula is C16H21N3O3. The van der Waals surface area contributed by atoms with Crippen molar-refractivity contribution in [2.45, 2.75) is 33.0 Å². The van der Waals surface area contributed by atoms with Gasteiger partial charge in [-0.05, 0) is 44.5 Å². The van der Waals surface area contributed by atoms with Crippen molar-refractivity contribution in [3.8, 4) is 5.75 Å². The first-order chi connectivity index (χ1) is 10.5. The van der Waals surface area contributed by atoms with Crippen molar-refractivity contribution in [1.82, 2.24) is 15.5 Å². The summed E-state index contributed by atoms with van der Waals surface area (Å²) in [6.45, 7) is 5.80. The number of carbonyl (C=O) groups is 1. The number of amides is 1. The predicted octanol–water partition coefficient (Wildman–Crippen LogP) is 1.97. The van der Waals surface area contributed by atoms with Crippen molar-refractivity contribution in [2.24, 2.45) is 0 Å². The molecule has 1 aromatic carbocycles. The number of aliphatic hydroxyl groups is 1. The van der Waals surface area contributed by atoms with E-state index in [1.165, 1.54) is 0 Å². The van der Waals surface area contributed by atoms with E-state index < -0.39 is 6.10 Å². The molecule has 0 bridgehead atoms. The highest BCUT2D eigenvalue weighted by Crippen LogP contribution is 2.20. The number of nitrogens with zero attached hydrogens (tertiary/aromatic N) is 1. The van der Waals surface area contributed by atoms with Gasteiger partial charge in [0.05, 0.1) is 12.2 Å². The number of nitrogens with one attached hydrogen (secondary N) is 2. The number of hydrogen-bond acceptors (Lipinski definition) is 4. The Balaban J connectivity index is 1.94. The molecule has 3 N–H and O–H groups in total. The highest BCUT2D eigenvalue weighted by molar-refractivity contribution is 5.92. The molecule has 0 unspecified atom stereocenters. The molecule has 0 aliphatic rings. The molecule has 0 spiro atoms. The fraction of sp³-hybridized carbons (Fsp3) is 0.375. The van der Waals surface area contributed by atoms with Crippen LogP contribution in [0.3, 0.4) is 0 Å². The van der Waals surface area contributed by atoms with Crippen LogP contribution in [0, 0.1) is 6.92 Å². The molecule has 6 heteroatoms. The van der Waals surface area contributed by atoms with E-state index in [0.717, 1.165) is 5.69 Å². The molecule has 0 fully saturated rings. The van der Waals surface area contributed by atoms with Gasteiger partial charge in [0, 0.05) is 12.2 Å². The molecule has 118 valence electrons. The number of aromatic nitrogens is 2. The summed E-state index contributed by atoms with van der Waals surface area (Å²) in [4.78, 5) is 11.9. The van der Waals surface area contributed by atoms with E-state index in [4.69, 9.17) is 4.74 Å². The molecule has 1 atom stereocenters. The minimum atomic E-state index is -0.806. The number of H-pyrrole nitrogens is 1. The summed E-state index contributed by atoms with van der Waals surface area (Å²) in [5, 5.41) is 19.4. The van der Waals surface area contributed by atoms with E-state index in [1.54, 1.807) is 18.2 Å². The zero-order chi connectivity index (χ0) is 16.1. The lowest BCUT2D eigenvalue weighted by atomic mass is 10.1. The van der Waals surface area contributed by atoms with E-state index >= 15 is 0 Å². The normalized spacial score (nSPS) is 12.2. The van der Waals surface area contributed by atoms with Crippen LogP contribution in [-0.4, -0.2) is 33.9 Å². The summed E-state index contributed by atoms with van der Waals surface area (Å²) < 4.78 is 5.59. The highest BCUT2D eigenvalue weighted by Gasteiger charge is 2.13. The quantitative estimate of drug-likeness (QED) is 0.761. The molecule has 0 aliphatic carbocycles. The minimum Gasteiger partial charge on any atom is -0.491 e. The fourth-order valence-electron chi connectivity index (χ4n) is 2.00. The van der Waals surface area contributed by atoms with Gasteiger partial charge in [0.25, 0.3) is 5.91 Å². The maximum absolute atomic E-state index is 11.9. The Kier molecular flexibility index (Phi) is 5.16. The van der Waals surface area contributed by atoms with Crippen molar-refractivity contribution in [3.63, 3.8) is 0 Å². The Morgan fingerprint density at radius 3 is 2.82 bits per heavy atom. The zero-order valence-electron chi connectivity index (χ0n) is 13.0. The number of benzene rings is 1. The van der Waals surface area contributed by atoms with E-state index in [2.05, 4.69) is 15.5 Å². The highest BCUT2D eigenvalue weighted by atomic mass is 16.5. The van der Waals surface area contributed by atoms with Crippen LogP contribution in [0.5, 0.6) is 5.75 Å². The Hall–Kier alpha value is -2.34. The molecule has 22 heavy (non-hydrogen) atoms. The Morgan fingerprint density at radius 2 is 2.18 bits per heavy atom. The number of aliphatic hydroxyl groups excluding tert-OH is 1. The number of aromatic amines is 1. The Labute approximate surface area is 129 Å². The van der Waals surface area contributed by atoms with Gasteiger partial charge in [0.15, 0.2) is 0 Å². The van der Waals surface area contributed by atoms with Gasteiger partial charge in [-0.15, -0.1) is 0 Å². The zero-order valence-corrected chi connectivity index (χ0v) is 13.0. The van der Waals surface area contributed by atoms with Crippen molar-refractivity contribution in [1.29, 1.82) is 0 Å². The molecule has 6 nitrogen and oxygen atoms in total. The Morgan fingerprint density at radius 1 is 1.41 bits per heavy atom. The summed E-state index contributed by atoms with van der Waals surface area (Å²) >= 11 is 0.